The van der Waals surface area contributed by atoms with E-state index in [0.29, 0.717) is 10.8 Å². The van der Waals surface area contributed by atoms with Crippen LogP contribution in [0.4, 0.5) is 0 Å². The Morgan fingerprint density at radius 2 is 2.05 bits per heavy atom. The molecule has 0 radical (unpaired) electrons. The van der Waals surface area contributed by atoms with Crippen molar-refractivity contribution >= 4 is 23.6 Å². The molecule has 1 atom stereocenters. The molecule has 0 spiro atoms. The van der Waals surface area contributed by atoms with Gasteiger partial charge in [0.15, 0.2) is 0 Å². The maximum Gasteiger partial charge on any atom is 0.244 e. The van der Waals surface area contributed by atoms with Crippen LogP contribution in [0.2, 0.25) is 5.02 Å². The second kappa shape index (κ2) is 6.25. The van der Waals surface area contributed by atoms with Gasteiger partial charge < -0.3 is 9.73 Å². The Kier molecular flexibility index (Phi) is 4.42. The molecule has 2 rings (SSSR count). The van der Waals surface area contributed by atoms with Crippen LogP contribution < -0.4 is 5.32 Å². The normalized spacial score (nSPS) is 12.5. The average molecular weight is 276 g/mol. The molecule has 0 aliphatic carbocycles. The fourth-order valence-corrected chi connectivity index (χ4v) is 1.77. The number of carbonyl (C=O) groups is 1. The van der Waals surface area contributed by atoms with E-state index in [-0.39, 0.29) is 11.9 Å². The van der Waals surface area contributed by atoms with Crippen molar-refractivity contribution in [1.29, 1.82) is 0 Å². The predicted molar refractivity (Wildman–Crippen MR) is 75.8 cm³/mol. The monoisotopic (exact) mass is 275 g/mol. The molecule has 0 aliphatic heterocycles. The van der Waals surface area contributed by atoms with Gasteiger partial charge in [0.1, 0.15) is 5.76 Å². The molecular formula is C15H14ClNO2. The molecule has 2 aromatic rings. The van der Waals surface area contributed by atoms with E-state index in [1.165, 1.54) is 6.08 Å². The zero-order chi connectivity index (χ0) is 13.7. The van der Waals surface area contributed by atoms with Gasteiger partial charge in [0.05, 0.1) is 12.3 Å². The molecule has 98 valence electrons. The lowest BCUT2D eigenvalue weighted by molar-refractivity contribution is -0.117. The smallest absolute Gasteiger partial charge is 0.244 e. The lowest BCUT2D eigenvalue weighted by Crippen LogP contribution is -2.24. The number of rotatable bonds is 4. The maximum absolute atomic E-state index is 11.7. The van der Waals surface area contributed by atoms with Gasteiger partial charge in [-0.1, -0.05) is 23.7 Å². The Balaban J connectivity index is 1.93. The molecule has 19 heavy (non-hydrogen) atoms. The van der Waals surface area contributed by atoms with Gasteiger partial charge in [-0.3, -0.25) is 4.79 Å². The molecule has 0 saturated carbocycles. The van der Waals surface area contributed by atoms with Crippen LogP contribution >= 0.6 is 11.6 Å². The Morgan fingerprint density at radius 1 is 1.32 bits per heavy atom. The van der Waals surface area contributed by atoms with Crippen molar-refractivity contribution in [2.24, 2.45) is 0 Å². The van der Waals surface area contributed by atoms with E-state index in [9.17, 15) is 4.79 Å². The number of furan rings is 1. The van der Waals surface area contributed by atoms with Gasteiger partial charge in [0.25, 0.3) is 0 Å². The molecule has 0 bridgehead atoms. The molecule has 1 aromatic carbocycles. The van der Waals surface area contributed by atoms with Crippen LogP contribution in [0, 0.1) is 0 Å². The van der Waals surface area contributed by atoms with Crippen molar-refractivity contribution in [3.63, 3.8) is 0 Å². The van der Waals surface area contributed by atoms with E-state index in [0.717, 1.165) is 5.56 Å². The summed E-state index contributed by atoms with van der Waals surface area (Å²) in [5.41, 5.74) is 1.00. The summed E-state index contributed by atoms with van der Waals surface area (Å²) in [6.07, 6.45) is 4.64. The summed E-state index contributed by atoms with van der Waals surface area (Å²) in [6, 6.07) is 10.9. The van der Waals surface area contributed by atoms with Crippen molar-refractivity contribution in [3.8, 4) is 0 Å². The third-order valence-electron chi connectivity index (χ3n) is 2.67. The minimum atomic E-state index is -0.168. The summed E-state index contributed by atoms with van der Waals surface area (Å²) in [4.78, 5) is 11.7. The SMILES string of the molecule is C[C@H](NC(=O)/C=C/c1ccco1)c1ccc(Cl)cc1. The van der Waals surface area contributed by atoms with E-state index in [4.69, 9.17) is 16.0 Å². The summed E-state index contributed by atoms with van der Waals surface area (Å²) in [5, 5.41) is 3.55. The number of nitrogens with one attached hydrogen (secondary N) is 1. The molecule has 3 nitrogen and oxygen atoms in total. The third kappa shape index (κ3) is 4.00. The molecule has 0 aliphatic rings. The molecule has 1 amide bonds. The fourth-order valence-electron chi connectivity index (χ4n) is 1.64. The summed E-state index contributed by atoms with van der Waals surface area (Å²) in [6.45, 7) is 1.92. The van der Waals surface area contributed by atoms with Gasteiger partial charge in [-0.15, -0.1) is 0 Å². The number of benzene rings is 1. The largest absolute Gasteiger partial charge is 0.465 e. The summed E-state index contributed by atoms with van der Waals surface area (Å²) >= 11 is 5.82. The highest BCUT2D eigenvalue weighted by Crippen LogP contribution is 2.16. The van der Waals surface area contributed by atoms with Gasteiger partial charge in [0, 0.05) is 11.1 Å². The Morgan fingerprint density at radius 3 is 2.68 bits per heavy atom. The van der Waals surface area contributed by atoms with Gasteiger partial charge in [-0.05, 0) is 42.8 Å². The number of hydrogen-bond donors (Lipinski definition) is 1. The number of amides is 1. The van der Waals surface area contributed by atoms with Gasteiger partial charge in [-0.25, -0.2) is 0 Å². The average Bonchev–Trinajstić information content (AvgIpc) is 2.90. The highest BCUT2D eigenvalue weighted by atomic mass is 35.5. The topological polar surface area (TPSA) is 42.2 Å². The first-order chi connectivity index (χ1) is 9.15. The summed E-state index contributed by atoms with van der Waals surface area (Å²) in [5.74, 6) is 0.480. The fraction of sp³-hybridized carbons (Fsp3) is 0.133. The van der Waals surface area contributed by atoms with Crippen LogP contribution in [0.5, 0.6) is 0 Å². The quantitative estimate of drug-likeness (QED) is 0.862. The molecular weight excluding hydrogens is 262 g/mol. The molecule has 1 heterocycles. The van der Waals surface area contributed by atoms with Crippen LogP contribution in [0.3, 0.4) is 0 Å². The van der Waals surface area contributed by atoms with E-state index >= 15 is 0 Å². The zero-order valence-electron chi connectivity index (χ0n) is 10.5. The second-order valence-electron chi connectivity index (χ2n) is 4.13. The van der Waals surface area contributed by atoms with Crippen molar-refractivity contribution in [1.82, 2.24) is 5.32 Å². The molecule has 1 N–H and O–H groups in total. The molecule has 1 aromatic heterocycles. The van der Waals surface area contributed by atoms with Crippen molar-refractivity contribution in [2.45, 2.75) is 13.0 Å². The third-order valence-corrected chi connectivity index (χ3v) is 2.92. The van der Waals surface area contributed by atoms with Crippen LogP contribution in [-0.2, 0) is 4.79 Å². The first-order valence-corrected chi connectivity index (χ1v) is 6.30. The Labute approximate surface area is 116 Å². The van der Waals surface area contributed by atoms with E-state index < -0.39 is 0 Å². The number of carbonyl (C=O) groups excluding carboxylic acids is 1. The number of halogens is 1. The highest BCUT2D eigenvalue weighted by molar-refractivity contribution is 6.30. The summed E-state index contributed by atoms with van der Waals surface area (Å²) in [7, 11) is 0. The minimum absolute atomic E-state index is 0.0778. The van der Waals surface area contributed by atoms with E-state index in [2.05, 4.69) is 5.32 Å². The van der Waals surface area contributed by atoms with Crippen molar-refractivity contribution in [2.75, 3.05) is 0 Å². The second-order valence-corrected chi connectivity index (χ2v) is 4.57. The number of hydrogen-bond acceptors (Lipinski definition) is 2. The molecule has 0 unspecified atom stereocenters. The van der Waals surface area contributed by atoms with Gasteiger partial charge >= 0.3 is 0 Å². The maximum atomic E-state index is 11.7. The molecule has 4 heteroatoms. The summed E-state index contributed by atoms with van der Waals surface area (Å²) < 4.78 is 5.11. The van der Waals surface area contributed by atoms with Crippen molar-refractivity contribution < 1.29 is 9.21 Å². The predicted octanol–water partition coefficient (Wildman–Crippen LogP) is 3.82. The lowest BCUT2D eigenvalue weighted by atomic mass is 10.1. The molecule has 0 fully saturated rings. The van der Waals surface area contributed by atoms with Crippen LogP contribution in [0.15, 0.2) is 53.2 Å². The van der Waals surface area contributed by atoms with Crippen molar-refractivity contribution in [3.05, 3.63) is 65.1 Å². The minimum Gasteiger partial charge on any atom is -0.465 e. The Hall–Kier alpha value is -2.00. The van der Waals surface area contributed by atoms with Crippen LogP contribution in [-0.4, -0.2) is 5.91 Å². The Bertz CT molecular complexity index is 558. The highest BCUT2D eigenvalue weighted by Gasteiger charge is 2.07. The first-order valence-electron chi connectivity index (χ1n) is 5.93. The van der Waals surface area contributed by atoms with Gasteiger partial charge in [0.2, 0.25) is 5.91 Å². The van der Waals surface area contributed by atoms with E-state index in [1.807, 2.05) is 19.1 Å². The standard InChI is InChI=1S/C15H14ClNO2/c1-11(12-4-6-13(16)7-5-12)17-15(18)9-8-14-3-2-10-19-14/h2-11H,1H3,(H,17,18)/b9-8+/t11-/m0/s1. The van der Waals surface area contributed by atoms with Crippen LogP contribution in [0.25, 0.3) is 6.08 Å². The van der Waals surface area contributed by atoms with Crippen LogP contribution in [0.1, 0.15) is 24.3 Å². The van der Waals surface area contributed by atoms with Gasteiger partial charge in [-0.2, -0.15) is 0 Å². The van der Waals surface area contributed by atoms with E-state index in [1.54, 1.807) is 36.6 Å². The molecule has 0 saturated heterocycles. The first kappa shape index (κ1) is 13.4. The zero-order valence-corrected chi connectivity index (χ0v) is 11.2. The lowest BCUT2D eigenvalue weighted by Gasteiger charge is -2.12.